The third kappa shape index (κ3) is 1.66. The molecule has 0 aliphatic carbocycles. The van der Waals surface area contributed by atoms with E-state index in [-0.39, 0.29) is 18.5 Å². The monoisotopic (exact) mass is 247 g/mol. The van der Waals surface area contributed by atoms with Crippen LogP contribution in [-0.4, -0.2) is 26.0 Å². The maximum absolute atomic E-state index is 13.4. The van der Waals surface area contributed by atoms with Gasteiger partial charge in [-0.1, -0.05) is 6.08 Å². The van der Waals surface area contributed by atoms with Crippen LogP contribution in [-0.2, 0) is 0 Å². The Balaban J connectivity index is 1.95. The van der Waals surface area contributed by atoms with Crippen molar-refractivity contribution in [3.05, 3.63) is 47.0 Å². The number of fused-ring (bicyclic) bond motifs is 1. The summed E-state index contributed by atoms with van der Waals surface area (Å²) in [6.07, 6.45) is 7.56. The maximum Gasteiger partial charge on any atom is 0.159 e. The van der Waals surface area contributed by atoms with Crippen LogP contribution >= 0.6 is 0 Å². The van der Waals surface area contributed by atoms with Gasteiger partial charge in [0, 0.05) is 24.4 Å². The molecule has 0 fully saturated rings. The van der Waals surface area contributed by atoms with Gasteiger partial charge in [0.1, 0.15) is 17.8 Å². The third-order valence-electron chi connectivity index (χ3n) is 3.05. The fourth-order valence-electron chi connectivity index (χ4n) is 2.12. The van der Waals surface area contributed by atoms with Crippen LogP contribution in [0.25, 0.3) is 0 Å². The van der Waals surface area contributed by atoms with E-state index >= 15 is 0 Å². The Morgan fingerprint density at radius 3 is 3.22 bits per heavy atom. The zero-order valence-electron chi connectivity index (χ0n) is 9.92. The molecule has 0 bridgehead atoms. The Bertz CT molecular complexity index is 527. The molecular formula is C12H14FN5. The van der Waals surface area contributed by atoms with Crippen molar-refractivity contribution in [1.82, 2.24) is 21.3 Å². The van der Waals surface area contributed by atoms with E-state index in [1.54, 1.807) is 13.3 Å². The van der Waals surface area contributed by atoms with Crippen molar-refractivity contribution >= 4 is 6.21 Å². The lowest BCUT2D eigenvalue weighted by Gasteiger charge is -2.24. The second-order valence-corrected chi connectivity index (χ2v) is 4.13. The molecule has 0 aromatic heterocycles. The molecule has 0 saturated heterocycles. The molecule has 0 saturated carbocycles. The first-order valence-electron chi connectivity index (χ1n) is 5.77. The zero-order valence-corrected chi connectivity index (χ0v) is 9.92. The number of rotatable bonds is 1. The molecule has 3 aliphatic heterocycles. The normalized spacial score (nSPS) is 29.2. The van der Waals surface area contributed by atoms with Crippen molar-refractivity contribution in [3.63, 3.8) is 0 Å². The smallest absolute Gasteiger partial charge is 0.159 e. The summed E-state index contributed by atoms with van der Waals surface area (Å²) in [5.74, 6) is 0.937. The maximum atomic E-state index is 13.4. The average molecular weight is 247 g/mol. The molecule has 3 aliphatic rings. The van der Waals surface area contributed by atoms with Crippen molar-refractivity contribution < 1.29 is 4.39 Å². The molecule has 4 N–H and O–H groups in total. The number of aliphatic imine (C=N–C) groups is 1. The lowest BCUT2D eigenvalue weighted by Crippen LogP contribution is -2.39. The molecule has 6 heteroatoms. The Morgan fingerprint density at radius 1 is 1.50 bits per heavy atom. The third-order valence-corrected chi connectivity index (χ3v) is 3.05. The second-order valence-electron chi connectivity index (χ2n) is 4.13. The zero-order chi connectivity index (χ0) is 12.5. The van der Waals surface area contributed by atoms with Gasteiger partial charge in [-0.15, -0.1) is 0 Å². The minimum absolute atomic E-state index is 0.0325. The van der Waals surface area contributed by atoms with Crippen molar-refractivity contribution in [2.45, 2.75) is 6.17 Å². The van der Waals surface area contributed by atoms with E-state index < -0.39 is 0 Å². The molecule has 3 heterocycles. The topological polar surface area (TPSA) is 60.5 Å². The summed E-state index contributed by atoms with van der Waals surface area (Å²) in [5.41, 5.74) is 2.03. The quantitative estimate of drug-likeness (QED) is 0.535. The molecule has 1 atom stereocenters. The second kappa shape index (κ2) is 4.21. The summed E-state index contributed by atoms with van der Waals surface area (Å²) < 4.78 is 13.4. The number of hydrogen-bond acceptors (Lipinski definition) is 5. The minimum Gasteiger partial charge on any atom is -0.372 e. The van der Waals surface area contributed by atoms with Gasteiger partial charge in [0.2, 0.25) is 0 Å². The van der Waals surface area contributed by atoms with Crippen LogP contribution in [0.1, 0.15) is 0 Å². The van der Waals surface area contributed by atoms with Gasteiger partial charge >= 0.3 is 0 Å². The van der Waals surface area contributed by atoms with Gasteiger partial charge in [0.15, 0.2) is 5.83 Å². The first kappa shape index (κ1) is 10.9. The van der Waals surface area contributed by atoms with E-state index in [1.165, 1.54) is 0 Å². The molecule has 94 valence electrons. The van der Waals surface area contributed by atoms with Gasteiger partial charge in [-0.25, -0.2) is 4.39 Å². The van der Waals surface area contributed by atoms with E-state index in [2.05, 4.69) is 26.3 Å². The van der Waals surface area contributed by atoms with Gasteiger partial charge in [-0.2, -0.15) is 0 Å². The van der Waals surface area contributed by atoms with E-state index in [1.807, 2.05) is 18.4 Å². The van der Waals surface area contributed by atoms with Gasteiger partial charge in [0.05, 0.1) is 6.54 Å². The summed E-state index contributed by atoms with van der Waals surface area (Å²) in [7, 11) is 1.69. The van der Waals surface area contributed by atoms with Crippen LogP contribution in [0.4, 0.5) is 4.39 Å². The summed E-state index contributed by atoms with van der Waals surface area (Å²) in [6.45, 7) is 0.178. The number of nitrogens with zero attached hydrogens (tertiary/aromatic N) is 1. The van der Waals surface area contributed by atoms with Crippen LogP contribution in [0.5, 0.6) is 0 Å². The van der Waals surface area contributed by atoms with Gasteiger partial charge < -0.3 is 21.3 Å². The molecule has 18 heavy (non-hydrogen) atoms. The highest BCUT2D eigenvalue weighted by atomic mass is 19.1. The molecule has 5 nitrogen and oxygen atoms in total. The predicted octanol–water partition coefficient (Wildman–Crippen LogP) is 0.203. The lowest BCUT2D eigenvalue weighted by molar-refractivity contribution is 0.518. The fraction of sp³-hybridized carbons (Fsp3) is 0.250. The molecular weight excluding hydrogens is 233 g/mol. The van der Waals surface area contributed by atoms with Crippen LogP contribution in [0.15, 0.2) is 52.0 Å². The SMILES string of the molecule is CNC1=C(F)CNC(=C2C=NC3NC=CC=C23)N1. The predicted molar refractivity (Wildman–Crippen MR) is 68.0 cm³/mol. The number of nitrogens with one attached hydrogen (secondary N) is 4. The standard InChI is InChI=1S/C12H14FN5/c1-14-12-9(13)6-17-11(18-12)8-5-16-10-7(8)3-2-4-15-10/h2-5,10,14-15,17-18H,6H2,1H3. The van der Waals surface area contributed by atoms with E-state index in [4.69, 9.17) is 0 Å². The Hall–Kier alpha value is -2.24. The molecule has 1 unspecified atom stereocenters. The Kier molecular flexibility index (Phi) is 2.55. The van der Waals surface area contributed by atoms with Crippen LogP contribution in [0.3, 0.4) is 0 Å². The number of hydrogen-bond donors (Lipinski definition) is 4. The summed E-state index contributed by atoms with van der Waals surface area (Å²) in [4.78, 5) is 4.36. The van der Waals surface area contributed by atoms with E-state index in [0.717, 1.165) is 17.0 Å². The van der Waals surface area contributed by atoms with E-state index in [0.29, 0.717) is 5.82 Å². The molecule has 0 aromatic carbocycles. The molecule has 0 amide bonds. The van der Waals surface area contributed by atoms with Crippen LogP contribution in [0.2, 0.25) is 0 Å². The molecule has 0 aromatic rings. The van der Waals surface area contributed by atoms with Crippen molar-refractivity contribution in [3.8, 4) is 0 Å². The average Bonchev–Trinajstić information content (AvgIpc) is 2.83. The van der Waals surface area contributed by atoms with Gasteiger partial charge in [0.25, 0.3) is 0 Å². The van der Waals surface area contributed by atoms with Gasteiger partial charge in [-0.3, -0.25) is 4.99 Å². The summed E-state index contributed by atoms with van der Waals surface area (Å²) in [5, 5.41) is 12.0. The van der Waals surface area contributed by atoms with Crippen molar-refractivity contribution in [2.75, 3.05) is 13.6 Å². The molecule has 0 radical (unpaired) electrons. The summed E-state index contributed by atoms with van der Waals surface area (Å²) in [6, 6.07) is 0. The van der Waals surface area contributed by atoms with Crippen molar-refractivity contribution in [2.24, 2.45) is 4.99 Å². The van der Waals surface area contributed by atoms with Crippen LogP contribution < -0.4 is 21.3 Å². The minimum atomic E-state index is -0.232. The highest BCUT2D eigenvalue weighted by Gasteiger charge is 2.26. The Morgan fingerprint density at radius 2 is 2.39 bits per heavy atom. The first-order valence-corrected chi connectivity index (χ1v) is 5.77. The Labute approximate surface area is 104 Å². The summed E-state index contributed by atoms with van der Waals surface area (Å²) >= 11 is 0. The number of dihydropyridines is 1. The van der Waals surface area contributed by atoms with E-state index in [9.17, 15) is 4.39 Å². The molecule has 0 spiro atoms. The fourth-order valence-corrected chi connectivity index (χ4v) is 2.12. The largest absolute Gasteiger partial charge is 0.372 e. The first-order chi connectivity index (χ1) is 8.79. The molecule has 3 rings (SSSR count). The number of allylic oxidation sites excluding steroid dienone is 2. The highest BCUT2D eigenvalue weighted by molar-refractivity contribution is 5.90. The van der Waals surface area contributed by atoms with Crippen LogP contribution in [0, 0.1) is 0 Å². The number of halogens is 1. The highest BCUT2D eigenvalue weighted by Crippen LogP contribution is 2.25. The van der Waals surface area contributed by atoms with Gasteiger partial charge in [-0.05, 0) is 12.3 Å². The lowest BCUT2D eigenvalue weighted by atomic mass is 10.0. The van der Waals surface area contributed by atoms with Crippen molar-refractivity contribution in [1.29, 1.82) is 0 Å².